The number of amides is 1. The fraction of sp³-hybridized carbons (Fsp3) is 0.300. The van der Waals surface area contributed by atoms with Crippen molar-refractivity contribution in [3.8, 4) is 0 Å². The summed E-state index contributed by atoms with van der Waals surface area (Å²) in [5.41, 5.74) is 3.20. The van der Waals surface area contributed by atoms with Gasteiger partial charge in [0.05, 0.1) is 19.6 Å². The Morgan fingerprint density at radius 1 is 1.08 bits per heavy atom. The highest BCUT2D eigenvalue weighted by molar-refractivity contribution is 5.96. The van der Waals surface area contributed by atoms with E-state index < -0.39 is 5.92 Å². The smallest absolute Gasteiger partial charge is 0.314 e. The molecule has 25 heavy (non-hydrogen) atoms. The number of rotatable bonds is 7. The highest BCUT2D eigenvalue weighted by Crippen LogP contribution is 2.18. The second-order valence-electron chi connectivity index (χ2n) is 5.79. The maximum absolute atomic E-state index is 12.5. The van der Waals surface area contributed by atoms with Crippen LogP contribution in [0.3, 0.4) is 0 Å². The summed E-state index contributed by atoms with van der Waals surface area (Å²) in [6.07, 6.45) is 0. The Balaban J connectivity index is 2.15. The molecule has 2 aromatic carbocycles. The second-order valence-corrected chi connectivity index (χ2v) is 5.79. The largest absolute Gasteiger partial charge is 0.468 e. The standard InChI is InChI=1S/C20H23NO4/c1-14-7-6-9-15(11-14)18(20(23)25-3)12-21-19(22)17-10-5-4-8-16(17)13-24-2/h4-11,18H,12-13H2,1-3H3,(H,21,22). The van der Waals surface area contributed by atoms with Crippen LogP contribution in [0.25, 0.3) is 0 Å². The molecule has 0 aliphatic rings. The Morgan fingerprint density at radius 3 is 2.52 bits per heavy atom. The van der Waals surface area contributed by atoms with E-state index in [1.165, 1.54) is 7.11 Å². The normalized spacial score (nSPS) is 11.6. The van der Waals surface area contributed by atoms with Gasteiger partial charge in [-0.1, -0.05) is 48.0 Å². The highest BCUT2D eigenvalue weighted by Gasteiger charge is 2.23. The summed E-state index contributed by atoms with van der Waals surface area (Å²) in [6.45, 7) is 2.47. The van der Waals surface area contributed by atoms with Crippen molar-refractivity contribution in [2.24, 2.45) is 0 Å². The van der Waals surface area contributed by atoms with Crippen LogP contribution >= 0.6 is 0 Å². The number of nitrogens with one attached hydrogen (secondary N) is 1. The molecule has 0 spiro atoms. The first-order valence-corrected chi connectivity index (χ1v) is 8.06. The van der Waals surface area contributed by atoms with E-state index in [1.807, 2.05) is 43.3 Å². The molecule has 0 aliphatic carbocycles. The molecule has 0 bridgehead atoms. The third kappa shape index (κ3) is 4.90. The van der Waals surface area contributed by atoms with Crippen LogP contribution in [0.2, 0.25) is 0 Å². The first kappa shape index (κ1) is 18.7. The third-order valence-electron chi connectivity index (χ3n) is 3.96. The van der Waals surface area contributed by atoms with Crippen LogP contribution < -0.4 is 5.32 Å². The van der Waals surface area contributed by atoms with E-state index in [0.29, 0.717) is 12.2 Å². The second kappa shape index (κ2) is 8.99. The molecule has 1 N–H and O–H groups in total. The van der Waals surface area contributed by atoms with Crippen LogP contribution in [0.15, 0.2) is 48.5 Å². The van der Waals surface area contributed by atoms with Crippen molar-refractivity contribution >= 4 is 11.9 Å². The van der Waals surface area contributed by atoms with Gasteiger partial charge in [-0.15, -0.1) is 0 Å². The number of carbonyl (C=O) groups is 2. The molecule has 1 atom stereocenters. The number of ether oxygens (including phenoxy) is 2. The summed E-state index contributed by atoms with van der Waals surface area (Å²) in [5, 5.41) is 2.84. The zero-order chi connectivity index (χ0) is 18.2. The molecule has 0 radical (unpaired) electrons. The van der Waals surface area contributed by atoms with Gasteiger partial charge >= 0.3 is 5.97 Å². The van der Waals surface area contributed by atoms with Crippen molar-refractivity contribution in [1.29, 1.82) is 0 Å². The quantitative estimate of drug-likeness (QED) is 0.787. The van der Waals surface area contributed by atoms with Gasteiger partial charge in [0.15, 0.2) is 0 Å². The van der Waals surface area contributed by atoms with Crippen LogP contribution in [0, 0.1) is 6.92 Å². The average molecular weight is 341 g/mol. The maximum Gasteiger partial charge on any atom is 0.314 e. The molecular formula is C20H23NO4. The number of carbonyl (C=O) groups excluding carboxylic acids is 2. The van der Waals surface area contributed by atoms with E-state index in [1.54, 1.807) is 19.2 Å². The molecule has 0 saturated heterocycles. The first-order chi connectivity index (χ1) is 12.1. The predicted molar refractivity (Wildman–Crippen MR) is 95.4 cm³/mol. The monoisotopic (exact) mass is 341 g/mol. The lowest BCUT2D eigenvalue weighted by Gasteiger charge is -2.17. The Hall–Kier alpha value is -2.66. The van der Waals surface area contributed by atoms with Gasteiger partial charge in [-0.2, -0.15) is 0 Å². The average Bonchev–Trinajstić information content (AvgIpc) is 2.62. The summed E-state index contributed by atoms with van der Waals surface area (Å²) in [5.74, 6) is -1.17. The van der Waals surface area contributed by atoms with Gasteiger partial charge in [0.2, 0.25) is 0 Å². The molecule has 1 unspecified atom stereocenters. The molecule has 0 saturated carbocycles. The SMILES string of the molecule is COCc1ccccc1C(=O)NCC(C(=O)OC)c1cccc(C)c1. The van der Waals surface area contributed by atoms with Crippen molar-refractivity contribution in [2.75, 3.05) is 20.8 Å². The van der Waals surface area contributed by atoms with Gasteiger partial charge in [0.1, 0.15) is 0 Å². The summed E-state index contributed by atoms with van der Waals surface area (Å²) < 4.78 is 10.0. The topological polar surface area (TPSA) is 64.6 Å². The van der Waals surface area contributed by atoms with Crippen molar-refractivity contribution in [2.45, 2.75) is 19.4 Å². The minimum Gasteiger partial charge on any atom is -0.468 e. The Kier molecular flexibility index (Phi) is 6.71. The van der Waals surface area contributed by atoms with Crippen molar-refractivity contribution in [3.05, 3.63) is 70.8 Å². The zero-order valence-electron chi connectivity index (χ0n) is 14.7. The molecule has 132 valence electrons. The fourth-order valence-electron chi connectivity index (χ4n) is 2.68. The van der Waals surface area contributed by atoms with E-state index in [9.17, 15) is 9.59 Å². The van der Waals surface area contributed by atoms with Crippen molar-refractivity contribution < 1.29 is 19.1 Å². The molecule has 2 aromatic rings. The lowest BCUT2D eigenvalue weighted by molar-refractivity contribution is -0.142. The predicted octanol–water partition coefficient (Wildman–Crippen LogP) is 2.83. The van der Waals surface area contributed by atoms with Gasteiger partial charge < -0.3 is 14.8 Å². The number of aryl methyl sites for hydroxylation is 1. The molecule has 5 nitrogen and oxygen atoms in total. The molecule has 2 rings (SSSR count). The third-order valence-corrected chi connectivity index (χ3v) is 3.96. The summed E-state index contributed by atoms with van der Waals surface area (Å²) >= 11 is 0. The van der Waals surface area contributed by atoms with Gasteiger partial charge in [0, 0.05) is 19.2 Å². The number of hydrogen-bond donors (Lipinski definition) is 1. The van der Waals surface area contributed by atoms with Gasteiger partial charge in [-0.25, -0.2) is 0 Å². The molecular weight excluding hydrogens is 318 g/mol. The van der Waals surface area contributed by atoms with Crippen LogP contribution in [-0.4, -0.2) is 32.6 Å². The van der Waals surface area contributed by atoms with Gasteiger partial charge in [0.25, 0.3) is 5.91 Å². The highest BCUT2D eigenvalue weighted by atomic mass is 16.5. The van der Waals surface area contributed by atoms with E-state index in [2.05, 4.69) is 5.32 Å². The van der Waals surface area contributed by atoms with Crippen molar-refractivity contribution in [1.82, 2.24) is 5.32 Å². The van der Waals surface area contributed by atoms with E-state index in [-0.39, 0.29) is 18.4 Å². The first-order valence-electron chi connectivity index (χ1n) is 8.06. The number of benzene rings is 2. The lowest BCUT2D eigenvalue weighted by Crippen LogP contribution is -2.32. The lowest BCUT2D eigenvalue weighted by atomic mass is 9.97. The Labute approximate surface area is 148 Å². The van der Waals surface area contributed by atoms with E-state index in [0.717, 1.165) is 16.7 Å². The number of esters is 1. The molecule has 0 aromatic heterocycles. The maximum atomic E-state index is 12.5. The van der Waals surface area contributed by atoms with Crippen LogP contribution in [0.5, 0.6) is 0 Å². The van der Waals surface area contributed by atoms with Crippen LogP contribution in [-0.2, 0) is 20.9 Å². The van der Waals surface area contributed by atoms with E-state index in [4.69, 9.17) is 9.47 Å². The fourth-order valence-corrected chi connectivity index (χ4v) is 2.68. The molecule has 0 fully saturated rings. The Morgan fingerprint density at radius 2 is 1.84 bits per heavy atom. The van der Waals surface area contributed by atoms with E-state index >= 15 is 0 Å². The molecule has 1 amide bonds. The summed E-state index contributed by atoms with van der Waals surface area (Å²) in [6, 6.07) is 14.9. The minimum atomic E-state index is -0.552. The van der Waals surface area contributed by atoms with Crippen LogP contribution in [0.1, 0.15) is 33.0 Å². The summed E-state index contributed by atoms with van der Waals surface area (Å²) in [7, 11) is 2.93. The molecule has 0 aliphatic heterocycles. The molecule has 5 heteroatoms. The number of methoxy groups -OCH3 is 2. The minimum absolute atomic E-state index is 0.163. The van der Waals surface area contributed by atoms with Crippen LogP contribution in [0.4, 0.5) is 0 Å². The number of hydrogen-bond acceptors (Lipinski definition) is 4. The zero-order valence-corrected chi connectivity index (χ0v) is 14.7. The van der Waals surface area contributed by atoms with Gasteiger partial charge in [-0.05, 0) is 24.1 Å². The Bertz CT molecular complexity index is 742. The van der Waals surface area contributed by atoms with Crippen molar-refractivity contribution in [3.63, 3.8) is 0 Å². The summed E-state index contributed by atoms with van der Waals surface area (Å²) in [4.78, 5) is 24.7. The van der Waals surface area contributed by atoms with Gasteiger partial charge in [-0.3, -0.25) is 9.59 Å². The molecule has 0 heterocycles.